The fourth-order valence-corrected chi connectivity index (χ4v) is 7.19. The lowest BCUT2D eigenvalue weighted by Crippen LogP contribution is -2.58. The Balaban J connectivity index is 1.52. The number of para-hydroxylation sites is 1. The van der Waals surface area contributed by atoms with Crippen LogP contribution < -0.4 is 0 Å². The molecule has 2 amide bonds. The summed E-state index contributed by atoms with van der Waals surface area (Å²) < 4.78 is 13.6. The second-order valence-corrected chi connectivity index (χ2v) is 11.4. The van der Waals surface area contributed by atoms with Crippen LogP contribution in [0.5, 0.6) is 0 Å². The van der Waals surface area contributed by atoms with E-state index in [4.69, 9.17) is 9.47 Å². The Hall–Kier alpha value is -3.09. The lowest BCUT2D eigenvalue weighted by atomic mass is 9.70. The van der Waals surface area contributed by atoms with Crippen molar-refractivity contribution in [2.75, 3.05) is 19.8 Å². The SMILES string of the molecule is C=CCCOC(=O)[C@H]1[C@@H]2OC3(CC2Br)C(C(=O)N(CC=C)Cn2nnc4ccccc42)N([C@H](C)CO)C(=O)[C@H]13. The summed E-state index contributed by atoms with van der Waals surface area (Å²) in [4.78, 5) is 44.3. The van der Waals surface area contributed by atoms with E-state index in [1.165, 1.54) is 9.80 Å². The number of rotatable bonds is 11. The maximum Gasteiger partial charge on any atom is 0.312 e. The number of carbonyl (C=O) groups excluding carboxylic acids is 3. The number of aliphatic hydroxyl groups excluding tert-OH is 1. The molecule has 0 radical (unpaired) electrons. The number of likely N-dealkylation sites (tertiary alicyclic amines) is 1. The molecular formula is C27H32BrN5O6. The first-order valence-corrected chi connectivity index (χ1v) is 13.9. The largest absolute Gasteiger partial charge is 0.465 e. The third-order valence-electron chi connectivity index (χ3n) is 7.92. The number of esters is 1. The van der Waals surface area contributed by atoms with Crippen LogP contribution >= 0.6 is 15.9 Å². The second kappa shape index (κ2) is 10.8. The van der Waals surface area contributed by atoms with Crippen molar-refractivity contribution in [3.8, 4) is 0 Å². The van der Waals surface area contributed by atoms with Crippen LogP contribution in [0, 0.1) is 11.8 Å². The third kappa shape index (κ3) is 4.38. The van der Waals surface area contributed by atoms with Crippen molar-refractivity contribution in [2.45, 2.75) is 55.0 Å². The van der Waals surface area contributed by atoms with Crippen molar-refractivity contribution >= 4 is 44.7 Å². The smallest absolute Gasteiger partial charge is 0.312 e. The number of carbonyl (C=O) groups is 3. The van der Waals surface area contributed by atoms with E-state index in [1.807, 2.05) is 24.3 Å². The van der Waals surface area contributed by atoms with Crippen molar-refractivity contribution in [1.29, 1.82) is 0 Å². The second-order valence-electron chi connectivity index (χ2n) is 10.3. The van der Waals surface area contributed by atoms with Crippen molar-refractivity contribution in [3.63, 3.8) is 0 Å². The molecule has 1 N–H and O–H groups in total. The number of nitrogens with zero attached hydrogens (tertiary/aromatic N) is 5. The molecule has 0 saturated carbocycles. The molecule has 1 aromatic carbocycles. The number of aliphatic hydroxyl groups is 1. The highest BCUT2D eigenvalue weighted by Crippen LogP contribution is 2.60. The highest BCUT2D eigenvalue weighted by Gasteiger charge is 2.77. The van der Waals surface area contributed by atoms with E-state index in [9.17, 15) is 19.5 Å². The van der Waals surface area contributed by atoms with E-state index in [0.29, 0.717) is 18.4 Å². The molecule has 3 aliphatic rings. The maximum atomic E-state index is 14.4. The number of ether oxygens (including phenoxy) is 2. The van der Waals surface area contributed by atoms with Crippen LogP contribution in [0.15, 0.2) is 49.6 Å². The predicted molar refractivity (Wildman–Crippen MR) is 144 cm³/mol. The normalized spacial score (nSPS) is 29.9. The molecule has 5 rings (SSSR count). The fraction of sp³-hybridized carbons (Fsp3) is 0.519. The number of benzene rings is 1. The first-order chi connectivity index (χ1) is 18.8. The molecule has 3 aliphatic heterocycles. The maximum absolute atomic E-state index is 14.4. The fourth-order valence-electron chi connectivity index (χ4n) is 6.25. The topological polar surface area (TPSA) is 127 Å². The summed E-state index contributed by atoms with van der Waals surface area (Å²) in [7, 11) is 0. The summed E-state index contributed by atoms with van der Waals surface area (Å²) in [5, 5.41) is 18.5. The van der Waals surface area contributed by atoms with Gasteiger partial charge in [-0.15, -0.1) is 18.3 Å². The van der Waals surface area contributed by atoms with Gasteiger partial charge in [-0.3, -0.25) is 14.4 Å². The molecule has 2 bridgehead atoms. The van der Waals surface area contributed by atoms with Gasteiger partial charge in [0.1, 0.15) is 23.8 Å². The average molecular weight is 602 g/mol. The zero-order chi connectivity index (χ0) is 27.9. The third-order valence-corrected chi connectivity index (χ3v) is 8.77. The minimum Gasteiger partial charge on any atom is -0.465 e. The van der Waals surface area contributed by atoms with Gasteiger partial charge in [-0.2, -0.15) is 0 Å². The Labute approximate surface area is 234 Å². The molecule has 7 atom stereocenters. The van der Waals surface area contributed by atoms with Crippen LogP contribution in [-0.2, 0) is 30.5 Å². The summed E-state index contributed by atoms with van der Waals surface area (Å²) in [6.45, 7) is 9.16. The number of alkyl halides is 1. The average Bonchev–Trinajstić information content (AvgIpc) is 3.65. The first kappa shape index (κ1) is 27.5. The Morgan fingerprint density at radius 2 is 2.13 bits per heavy atom. The van der Waals surface area contributed by atoms with Crippen LogP contribution in [0.1, 0.15) is 19.8 Å². The molecule has 208 valence electrons. The molecular weight excluding hydrogens is 570 g/mol. The van der Waals surface area contributed by atoms with Crippen LogP contribution in [0.4, 0.5) is 0 Å². The monoisotopic (exact) mass is 601 g/mol. The molecule has 1 spiro atoms. The van der Waals surface area contributed by atoms with E-state index in [2.05, 4.69) is 39.4 Å². The molecule has 3 unspecified atom stereocenters. The quantitative estimate of drug-likeness (QED) is 0.178. The molecule has 0 aliphatic carbocycles. The number of amides is 2. The summed E-state index contributed by atoms with van der Waals surface area (Å²) in [5.41, 5.74) is 0.174. The van der Waals surface area contributed by atoms with Gasteiger partial charge in [-0.1, -0.05) is 45.4 Å². The van der Waals surface area contributed by atoms with Crippen LogP contribution in [0.25, 0.3) is 11.0 Å². The lowest BCUT2D eigenvalue weighted by molar-refractivity contribution is -0.156. The van der Waals surface area contributed by atoms with Gasteiger partial charge in [0.05, 0.1) is 42.7 Å². The van der Waals surface area contributed by atoms with Gasteiger partial charge < -0.3 is 24.4 Å². The van der Waals surface area contributed by atoms with E-state index in [-0.39, 0.29) is 37.2 Å². The van der Waals surface area contributed by atoms with Gasteiger partial charge in [0.25, 0.3) is 0 Å². The molecule has 1 aromatic heterocycles. The number of fused-ring (bicyclic) bond motifs is 2. The van der Waals surface area contributed by atoms with Gasteiger partial charge in [-0.05, 0) is 31.9 Å². The van der Waals surface area contributed by atoms with Gasteiger partial charge in [-0.25, -0.2) is 4.68 Å². The molecule has 4 heterocycles. The zero-order valence-electron chi connectivity index (χ0n) is 21.7. The molecule has 39 heavy (non-hydrogen) atoms. The minimum atomic E-state index is -1.26. The molecule has 2 aromatic rings. The Kier molecular flexibility index (Phi) is 7.62. The van der Waals surface area contributed by atoms with E-state index < -0.39 is 47.5 Å². The standard InChI is InChI=1S/C27H32BrN5O6/c1-4-6-12-38-26(37)20-21-24(35)33(16(3)14-34)23(27(21)13-17(28)22(20)39-27)25(36)31(11-5-2)15-32-19-10-8-7-9-18(19)29-30-32/h4-5,7-10,16-17,20-23,34H,1-2,6,11-15H2,3H3/t16-,17?,20-,21+,22-,23?,27?/m1/s1. The van der Waals surface area contributed by atoms with Gasteiger partial charge >= 0.3 is 5.97 Å². The highest BCUT2D eigenvalue weighted by molar-refractivity contribution is 9.09. The minimum absolute atomic E-state index is 0.0618. The van der Waals surface area contributed by atoms with Gasteiger partial charge in [0.15, 0.2) is 0 Å². The number of halogens is 1. The summed E-state index contributed by atoms with van der Waals surface area (Å²) in [5.74, 6) is -3.10. The van der Waals surface area contributed by atoms with Crippen molar-refractivity contribution in [2.24, 2.45) is 11.8 Å². The van der Waals surface area contributed by atoms with E-state index in [0.717, 1.165) is 5.52 Å². The first-order valence-electron chi connectivity index (χ1n) is 13.0. The highest BCUT2D eigenvalue weighted by atomic mass is 79.9. The molecule has 12 heteroatoms. The molecule has 11 nitrogen and oxygen atoms in total. The van der Waals surface area contributed by atoms with E-state index >= 15 is 0 Å². The Morgan fingerprint density at radius 3 is 2.85 bits per heavy atom. The summed E-state index contributed by atoms with van der Waals surface area (Å²) >= 11 is 3.64. The van der Waals surface area contributed by atoms with Gasteiger partial charge in [0.2, 0.25) is 11.8 Å². The Bertz CT molecular complexity index is 1300. The number of hydrogen-bond donors (Lipinski definition) is 1. The van der Waals surface area contributed by atoms with E-state index in [1.54, 1.807) is 23.8 Å². The van der Waals surface area contributed by atoms with Crippen LogP contribution in [0.3, 0.4) is 0 Å². The molecule has 3 saturated heterocycles. The number of aromatic nitrogens is 3. The van der Waals surface area contributed by atoms with Crippen LogP contribution in [0.2, 0.25) is 0 Å². The van der Waals surface area contributed by atoms with Gasteiger partial charge in [0, 0.05) is 11.4 Å². The zero-order valence-corrected chi connectivity index (χ0v) is 23.3. The lowest BCUT2D eigenvalue weighted by Gasteiger charge is -2.38. The molecule has 3 fully saturated rings. The summed E-state index contributed by atoms with van der Waals surface area (Å²) in [6.07, 6.45) is 3.45. The van der Waals surface area contributed by atoms with Crippen molar-refractivity contribution in [1.82, 2.24) is 24.8 Å². The van der Waals surface area contributed by atoms with Crippen LogP contribution in [-0.4, -0.2) is 96.1 Å². The number of hydrogen-bond acceptors (Lipinski definition) is 8. The van der Waals surface area contributed by atoms with Crippen molar-refractivity contribution < 1.29 is 29.0 Å². The summed E-state index contributed by atoms with van der Waals surface area (Å²) in [6, 6.07) is 5.66. The Morgan fingerprint density at radius 1 is 1.36 bits per heavy atom. The predicted octanol–water partition coefficient (Wildman–Crippen LogP) is 1.65. The van der Waals surface area contributed by atoms with Crippen molar-refractivity contribution in [3.05, 3.63) is 49.6 Å².